The molecule has 0 N–H and O–H groups in total. The van der Waals surface area contributed by atoms with Crippen LogP contribution in [0.2, 0.25) is 19.6 Å². The van der Waals surface area contributed by atoms with E-state index in [1.54, 1.807) is 0 Å². The molecular weight excluding hydrogens is 835 g/mol. The molecule has 0 aliphatic heterocycles. The van der Waals surface area contributed by atoms with Crippen LogP contribution in [0, 0.1) is 20.8 Å². The molecule has 0 saturated carbocycles. The lowest BCUT2D eigenvalue weighted by molar-refractivity contribution is 1.29. The first-order chi connectivity index (χ1) is 33.1. The smallest absolute Gasteiger partial charge is 0.0792 e. The summed E-state index contributed by atoms with van der Waals surface area (Å²) in [6, 6.07) is 80.1. The molecule has 68 heavy (non-hydrogen) atoms. The number of hydrogen-bond acceptors (Lipinski definition) is 1. The third kappa shape index (κ3) is 6.74. The number of rotatable bonds is 7. The topological polar surface area (TPSA) is 3.24 Å². The Bertz CT molecular complexity index is 3750. The minimum atomic E-state index is -1.81. The van der Waals surface area contributed by atoms with Crippen molar-refractivity contribution >= 4 is 95.0 Å². The maximum absolute atomic E-state index is 2.51. The van der Waals surface area contributed by atoms with Gasteiger partial charge in [-0.15, -0.1) is 0 Å². The van der Waals surface area contributed by atoms with Gasteiger partial charge in [0.2, 0.25) is 0 Å². The van der Waals surface area contributed by atoms with Crippen molar-refractivity contribution in [1.82, 2.24) is 0 Å². The molecule has 326 valence electrons. The Hall–Kier alpha value is -7.78. The Balaban J connectivity index is 1.25. The largest absolute Gasteiger partial charge is 0.309 e. The van der Waals surface area contributed by atoms with Crippen LogP contribution in [0.1, 0.15) is 16.7 Å². The van der Waals surface area contributed by atoms with Gasteiger partial charge < -0.3 is 4.90 Å². The maximum atomic E-state index is 2.51. The summed E-state index contributed by atoms with van der Waals surface area (Å²) in [5.74, 6) is 0. The standard InChI is InChI=1S/C66H53NSi/c1-42-31-35-48(36-32-42)67(49-37-33-43(2)34-38-49)65-58-27-15-11-23-54(58)63(55-24-12-16-28-59(55)65)46-39-45(62-52-21-9-7-19-50(52)44(3)51-20-8-10-22-53(51)62)40-47(41-46)64-56-25-13-17-29-60(56)66(68(4,5)6)61-30-18-14-26-57(61)64/h7-41H,1-6H3. The van der Waals surface area contributed by atoms with E-state index < -0.39 is 8.07 Å². The van der Waals surface area contributed by atoms with Crippen LogP contribution in [0.5, 0.6) is 0 Å². The van der Waals surface area contributed by atoms with Crippen LogP contribution in [0.4, 0.5) is 17.1 Å². The van der Waals surface area contributed by atoms with Crippen molar-refractivity contribution in [1.29, 1.82) is 0 Å². The fourth-order valence-electron chi connectivity index (χ4n) is 11.4. The first-order valence-corrected chi connectivity index (χ1v) is 27.5. The van der Waals surface area contributed by atoms with Gasteiger partial charge in [-0.2, -0.15) is 0 Å². The van der Waals surface area contributed by atoms with E-state index in [2.05, 4.69) is 258 Å². The summed E-state index contributed by atoms with van der Waals surface area (Å²) in [4.78, 5) is 2.47. The van der Waals surface area contributed by atoms with Crippen molar-refractivity contribution in [3.05, 3.63) is 229 Å². The molecule has 12 aromatic carbocycles. The second kappa shape index (κ2) is 16.2. The predicted octanol–water partition coefficient (Wildman–Crippen LogP) is 18.5. The molecule has 0 atom stereocenters. The van der Waals surface area contributed by atoms with Crippen LogP contribution < -0.4 is 10.1 Å². The molecule has 1 nitrogen and oxygen atoms in total. The monoisotopic (exact) mass is 887 g/mol. The first-order valence-electron chi connectivity index (χ1n) is 24.0. The minimum Gasteiger partial charge on any atom is -0.309 e. The van der Waals surface area contributed by atoms with Gasteiger partial charge in [0.25, 0.3) is 0 Å². The van der Waals surface area contributed by atoms with Gasteiger partial charge in [-0.05, 0) is 161 Å². The average molecular weight is 888 g/mol. The van der Waals surface area contributed by atoms with Crippen LogP contribution in [-0.2, 0) is 0 Å². The van der Waals surface area contributed by atoms with E-state index in [9.17, 15) is 0 Å². The summed E-state index contributed by atoms with van der Waals surface area (Å²) in [6.07, 6.45) is 0. The molecule has 0 saturated heterocycles. The van der Waals surface area contributed by atoms with E-state index in [0.29, 0.717) is 0 Å². The highest BCUT2D eigenvalue weighted by molar-refractivity contribution is 6.92. The molecule has 0 aliphatic carbocycles. The Morgan fingerprint density at radius 2 is 0.559 bits per heavy atom. The summed E-state index contributed by atoms with van der Waals surface area (Å²) in [7, 11) is -1.81. The van der Waals surface area contributed by atoms with Gasteiger partial charge in [0, 0.05) is 22.1 Å². The summed E-state index contributed by atoms with van der Waals surface area (Å²) in [5, 5.41) is 16.8. The van der Waals surface area contributed by atoms with Gasteiger partial charge in [0.15, 0.2) is 0 Å². The molecule has 0 unspecified atom stereocenters. The predicted molar refractivity (Wildman–Crippen MR) is 300 cm³/mol. The highest BCUT2D eigenvalue weighted by Gasteiger charge is 2.27. The lowest BCUT2D eigenvalue weighted by atomic mass is 9.83. The highest BCUT2D eigenvalue weighted by atomic mass is 28.3. The van der Waals surface area contributed by atoms with Crippen LogP contribution >= 0.6 is 0 Å². The second-order valence-corrected chi connectivity index (χ2v) is 24.8. The van der Waals surface area contributed by atoms with Crippen molar-refractivity contribution in [2.75, 3.05) is 4.90 Å². The Morgan fingerprint density at radius 1 is 0.294 bits per heavy atom. The molecule has 12 aromatic rings. The number of aryl methyl sites for hydroxylation is 3. The molecule has 0 amide bonds. The molecule has 12 rings (SSSR count). The molecule has 0 aliphatic rings. The Kier molecular flexibility index (Phi) is 9.93. The summed E-state index contributed by atoms with van der Waals surface area (Å²) >= 11 is 0. The number of hydrogen-bond donors (Lipinski definition) is 0. The lowest BCUT2D eigenvalue weighted by Crippen LogP contribution is -2.38. The van der Waals surface area contributed by atoms with Gasteiger partial charge in [0.05, 0.1) is 13.8 Å². The molecule has 0 bridgehead atoms. The maximum Gasteiger partial charge on any atom is 0.0792 e. The summed E-state index contributed by atoms with van der Waals surface area (Å²) < 4.78 is 0. The van der Waals surface area contributed by atoms with Crippen LogP contribution in [-0.4, -0.2) is 8.07 Å². The fraction of sp³-hybridized carbons (Fsp3) is 0.0909. The Morgan fingerprint density at radius 3 is 0.882 bits per heavy atom. The van der Waals surface area contributed by atoms with E-state index in [4.69, 9.17) is 0 Å². The minimum absolute atomic E-state index is 1.13. The summed E-state index contributed by atoms with van der Waals surface area (Å²) in [6.45, 7) is 14.1. The second-order valence-electron chi connectivity index (χ2n) is 19.8. The van der Waals surface area contributed by atoms with Gasteiger partial charge in [-0.1, -0.05) is 201 Å². The quantitative estimate of drug-likeness (QED) is 0.114. The molecule has 0 aromatic heterocycles. The van der Waals surface area contributed by atoms with E-state index in [0.717, 1.165) is 11.4 Å². The van der Waals surface area contributed by atoms with Crippen LogP contribution in [0.25, 0.3) is 98.0 Å². The Labute approximate surface area is 400 Å². The van der Waals surface area contributed by atoms with Crippen LogP contribution in [0.3, 0.4) is 0 Å². The summed E-state index contributed by atoms with van der Waals surface area (Å²) in [5.41, 5.74) is 14.7. The SMILES string of the molecule is Cc1ccc(N(c2ccc(C)cc2)c2c3ccccc3c(-c3cc(-c4c5ccccc5c(C)c5ccccc45)cc(-c4c5ccccc5c([Si](C)(C)C)c5ccccc45)c3)c3ccccc23)cc1. The van der Waals surface area contributed by atoms with Gasteiger partial charge in [-0.25, -0.2) is 0 Å². The van der Waals surface area contributed by atoms with Crippen molar-refractivity contribution in [2.45, 2.75) is 40.4 Å². The highest BCUT2D eigenvalue weighted by Crippen LogP contribution is 2.51. The molecule has 0 fully saturated rings. The number of benzene rings is 12. The van der Waals surface area contributed by atoms with E-state index in [1.165, 1.54) is 126 Å². The van der Waals surface area contributed by atoms with Crippen molar-refractivity contribution in [3.8, 4) is 33.4 Å². The van der Waals surface area contributed by atoms with Crippen molar-refractivity contribution in [3.63, 3.8) is 0 Å². The molecule has 0 radical (unpaired) electrons. The molecule has 0 spiro atoms. The third-order valence-corrected chi connectivity index (χ3v) is 16.4. The first kappa shape index (κ1) is 41.6. The fourth-order valence-corrected chi connectivity index (χ4v) is 13.5. The molecule has 2 heteroatoms. The van der Waals surface area contributed by atoms with Gasteiger partial charge >= 0.3 is 0 Å². The zero-order chi connectivity index (χ0) is 46.3. The normalized spacial score (nSPS) is 12.0. The van der Waals surface area contributed by atoms with Gasteiger partial charge in [0.1, 0.15) is 0 Å². The average Bonchev–Trinajstić information content (AvgIpc) is 3.36. The van der Waals surface area contributed by atoms with Crippen molar-refractivity contribution < 1.29 is 0 Å². The van der Waals surface area contributed by atoms with Gasteiger partial charge in [-0.3, -0.25) is 0 Å². The lowest BCUT2D eigenvalue weighted by Gasteiger charge is -2.30. The zero-order valence-corrected chi connectivity index (χ0v) is 40.7. The van der Waals surface area contributed by atoms with E-state index in [1.807, 2.05) is 0 Å². The molecule has 0 heterocycles. The molecular formula is C66H53NSi. The van der Waals surface area contributed by atoms with Crippen LogP contribution in [0.15, 0.2) is 212 Å². The van der Waals surface area contributed by atoms with E-state index in [-0.39, 0.29) is 0 Å². The third-order valence-electron chi connectivity index (χ3n) is 14.4. The zero-order valence-electron chi connectivity index (χ0n) is 39.7. The van der Waals surface area contributed by atoms with E-state index >= 15 is 0 Å². The van der Waals surface area contributed by atoms with Crippen molar-refractivity contribution in [2.24, 2.45) is 0 Å². The number of fused-ring (bicyclic) bond motifs is 6. The number of anilines is 3. The number of nitrogens with zero attached hydrogens (tertiary/aromatic N) is 1.